The van der Waals surface area contributed by atoms with E-state index in [1.54, 1.807) is 6.92 Å². The number of hydrogen-bond donors (Lipinski definition) is 2. The fourth-order valence-corrected chi connectivity index (χ4v) is 2.72. The van der Waals surface area contributed by atoms with Crippen LogP contribution in [0.15, 0.2) is 29.2 Å². The van der Waals surface area contributed by atoms with Crippen LogP contribution in [-0.2, 0) is 4.79 Å². The fraction of sp³-hybridized carbons (Fsp3) is 0.500. The van der Waals surface area contributed by atoms with Crippen molar-refractivity contribution in [2.45, 2.75) is 55.7 Å². The lowest BCUT2D eigenvalue weighted by molar-refractivity contribution is -0.119. The molecule has 4 nitrogen and oxygen atoms in total. The lowest BCUT2D eigenvalue weighted by atomic mass is 10.0. The van der Waals surface area contributed by atoms with Gasteiger partial charge in [0, 0.05) is 10.9 Å². The molecule has 0 bridgehead atoms. The number of carbonyl (C=O) groups is 2. The van der Waals surface area contributed by atoms with Crippen molar-refractivity contribution in [1.29, 1.82) is 0 Å². The average Bonchev–Trinajstić information content (AvgIpc) is 3.22. The molecule has 1 fully saturated rings. The third-order valence-corrected chi connectivity index (χ3v) is 4.49. The summed E-state index contributed by atoms with van der Waals surface area (Å²) in [5, 5.41) is 4.83. The molecule has 1 aromatic carbocycles. The zero-order valence-corrected chi connectivity index (χ0v) is 13.5. The summed E-state index contributed by atoms with van der Waals surface area (Å²) in [5.41, 5.74) is 1.28. The van der Waals surface area contributed by atoms with E-state index in [1.165, 1.54) is 17.3 Å². The molecule has 1 aliphatic rings. The van der Waals surface area contributed by atoms with E-state index in [0.717, 1.165) is 17.7 Å². The summed E-state index contributed by atoms with van der Waals surface area (Å²) < 4.78 is 0. The highest BCUT2D eigenvalue weighted by Crippen LogP contribution is 2.25. The summed E-state index contributed by atoms with van der Waals surface area (Å²) in [6, 6.07) is 8.08. The number of rotatable bonds is 5. The topological polar surface area (TPSA) is 58.2 Å². The Morgan fingerprint density at radius 1 is 1.14 bits per heavy atom. The number of hydrogen-bond acceptors (Lipinski definition) is 3. The summed E-state index contributed by atoms with van der Waals surface area (Å²) in [6.07, 6.45) is 2.02. The van der Waals surface area contributed by atoms with E-state index >= 15 is 0 Å². The van der Waals surface area contributed by atoms with Gasteiger partial charge in [0.1, 0.15) is 0 Å². The maximum atomic E-state index is 11.9. The third kappa shape index (κ3) is 5.08. The van der Waals surface area contributed by atoms with Crippen molar-refractivity contribution in [3.63, 3.8) is 0 Å². The van der Waals surface area contributed by atoms with E-state index in [9.17, 15) is 9.59 Å². The van der Waals surface area contributed by atoms with Gasteiger partial charge in [-0.25, -0.2) is 4.79 Å². The van der Waals surface area contributed by atoms with Gasteiger partial charge in [-0.05, 0) is 43.4 Å². The van der Waals surface area contributed by atoms with Crippen LogP contribution >= 0.6 is 11.8 Å². The van der Waals surface area contributed by atoms with Crippen LogP contribution in [0.2, 0.25) is 0 Å². The largest absolute Gasteiger partial charge is 0.335 e. The normalized spacial score (nSPS) is 15.6. The summed E-state index contributed by atoms with van der Waals surface area (Å²) in [6.45, 7) is 6.11. The van der Waals surface area contributed by atoms with Crippen LogP contribution in [0.1, 0.15) is 45.1 Å². The van der Waals surface area contributed by atoms with Gasteiger partial charge in [-0.15, -0.1) is 11.8 Å². The molecule has 3 amide bonds. The first-order chi connectivity index (χ1) is 9.95. The first-order valence-electron chi connectivity index (χ1n) is 7.33. The second-order valence-electron chi connectivity index (χ2n) is 5.72. The molecule has 1 saturated carbocycles. The Hall–Kier alpha value is -1.49. The van der Waals surface area contributed by atoms with Crippen molar-refractivity contribution in [3.8, 4) is 0 Å². The van der Waals surface area contributed by atoms with E-state index in [1.807, 2.05) is 12.1 Å². The Balaban J connectivity index is 1.83. The van der Waals surface area contributed by atoms with Gasteiger partial charge in [-0.1, -0.05) is 26.0 Å². The molecule has 1 unspecified atom stereocenters. The van der Waals surface area contributed by atoms with Gasteiger partial charge in [0.25, 0.3) is 0 Å². The highest BCUT2D eigenvalue weighted by atomic mass is 32.2. The van der Waals surface area contributed by atoms with Crippen molar-refractivity contribution in [2.24, 2.45) is 0 Å². The van der Waals surface area contributed by atoms with Crippen LogP contribution in [0.4, 0.5) is 4.79 Å². The summed E-state index contributed by atoms with van der Waals surface area (Å²) in [4.78, 5) is 24.5. The molecular formula is C16H22N2O2S. The van der Waals surface area contributed by atoms with E-state index in [4.69, 9.17) is 0 Å². The first-order valence-corrected chi connectivity index (χ1v) is 8.21. The summed E-state index contributed by atoms with van der Waals surface area (Å²) in [7, 11) is 0. The molecule has 2 N–H and O–H groups in total. The number of amides is 3. The van der Waals surface area contributed by atoms with Crippen molar-refractivity contribution in [1.82, 2.24) is 10.6 Å². The molecule has 21 heavy (non-hydrogen) atoms. The number of benzene rings is 1. The molecule has 114 valence electrons. The highest BCUT2D eigenvalue weighted by Gasteiger charge is 2.25. The minimum absolute atomic E-state index is 0.254. The molecule has 2 rings (SSSR count). The molecular weight excluding hydrogens is 284 g/mol. The quantitative estimate of drug-likeness (QED) is 0.821. The van der Waals surface area contributed by atoms with Crippen LogP contribution in [0, 0.1) is 0 Å². The highest BCUT2D eigenvalue weighted by molar-refractivity contribution is 8.00. The van der Waals surface area contributed by atoms with Gasteiger partial charge >= 0.3 is 6.03 Å². The number of thioether (sulfide) groups is 1. The van der Waals surface area contributed by atoms with Crippen LogP contribution in [0.3, 0.4) is 0 Å². The SMILES string of the molecule is CC(Sc1ccc(C(C)C)cc1)C(=O)NC(=O)NC1CC1. The van der Waals surface area contributed by atoms with Gasteiger partial charge < -0.3 is 5.32 Å². The van der Waals surface area contributed by atoms with Gasteiger partial charge in [0.2, 0.25) is 5.91 Å². The van der Waals surface area contributed by atoms with Crippen LogP contribution in [0.5, 0.6) is 0 Å². The molecule has 1 atom stereocenters. The Bertz CT molecular complexity index is 510. The Labute approximate surface area is 130 Å². The molecule has 5 heteroatoms. The zero-order valence-electron chi connectivity index (χ0n) is 12.7. The average molecular weight is 306 g/mol. The molecule has 1 aromatic rings. The Morgan fingerprint density at radius 2 is 1.76 bits per heavy atom. The summed E-state index contributed by atoms with van der Waals surface area (Å²) in [5.74, 6) is 0.238. The number of carbonyl (C=O) groups excluding carboxylic acids is 2. The lowest BCUT2D eigenvalue weighted by Crippen LogP contribution is -2.43. The van der Waals surface area contributed by atoms with Crippen LogP contribution in [0.25, 0.3) is 0 Å². The maximum Gasteiger partial charge on any atom is 0.321 e. The van der Waals surface area contributed by atoms with Crippen molar-refractivity contribution in [3.05, 3.63) is 29.8 Å². The summed E-state index contributed by atoms with van der Waals surface area (Å²) >= 11 is 1.46. The van der Waals surface area contributed by atoms with Crippen molar-refractivity contribution >= 4 is 23.7 Å². The van der Waals surface area contributed by atoms with Gasteiger partial charge in [-0.2, -0.15) is 0 Å². The van der Waals surface area contributed by atoms with E-state index in [2.05, 4.69) is 36.6 Å². The third-order valence-electron chi connectivity index (χ3n) is 3.38. The predicted octanol–water partition coefficient (Wildman–Crippen LogP) is 3.28. The minimum atomic E-state index is -0.384. The number of imide groups is 1. The first kappa shape index (κ1) is 15.9. The van der Waals surface area contributed by atoms with Crippen LogP contribution in [-0.4, -0.2) is 23.2 Å². The molecule has 0 heterocycles. The zero-order chi connectivity index (χ0) is 15.4. The van der Waals surface area contributed by atoms with E-state index in [-0.39, 0.29) is 23.2 Å². The van der Waals surface area contributed by atoms with Gasteiger partial charge in [0.15, 0.2) is 0 Å². The molecule has 1 aliphatic carbocycles. The van der Waals surface area contributed by atoms with Crippen molar-refractivity contribution in [2.75, 3.05) is 0 Å². The Kier molecular flexibility index (Phi) is 5.28. The predicted molar refractivity (Wildman–Crippen MR) is 85.5 cm³/mol. The molecule has 0 aliphatic heterocycles. The second-order valence-corrected chi connectivity index (χ2v) is 7.14. The monoisotopic (exact) mass is 306 g/mol. The second kappa shape index (κ2) is 6.98. The smallest absolute Gasteiger partial charge is 0.321 e. The molecule has 0 aromatic heterocycles. The van der Waals surface area contributed by atoms with Gasteiger partial charge in [0.05, 0.1) is 5.25 Å². The van der Waals surface area contributed by atoms with Gasteiger partial charge in [-0.3, -0.25) is 10.1 Å². The van der Waals surface area contributed by atoms with E-state index < -0.39 is 0 Å². The van der Waals surface area contributed by atoms with Crippen LogP contribution < -0.4 is 10.6 Å². The number of nitrogens with one attached hydrogen (secondary N) is 2. The standard InChI is InChI=1S/C16H22N2O2S/c1-10(2)12-4-8-14(9-5-12)21-11(3)15(19)18-16(20)17-13-6-7-13/h4-5,8-11,13H,6-7H2,1-3H3,(H2,17,18,19,20). The Morgan fingerprint density at radius 3 is 2.29 bits per heavy atom. The number of urea groups is 1. The molecule has 0 saturated heterocycles. The fourth-order valence-electron chi connectivity index (χ4n) is 1.85. The minimum Gasteiger partial charge on any atom is -0.335 e. The maximum absolute atomic E-state index is 11.9. The molecule has 0 radical (unpaired) electrons. The van der Waals surface area contributed by atoms with E-state index in [0.29, 0.717) is 5.92 Å². The molecule has 0 spiro atoms. The van der Waals surface area contributed by atoms with Crippen molar-refractivity contribution < 1.29 is 9.59 Å². The lowest BCUT2D eigenvalue weighted by Gasteiger charge is -2.12.